The summed E-state index contributed by atoms with van der Waals surface area (Å²) in [5, 5.41) is 7.36. The molecular formula is C30H56N2O3. The first-order valence-electron chi connectivity index (χ1n) is 14.4. The van der Waals surface area contributed by atoms with Crippen molar-refractivity contribution in [3.63, 3.8) is 0 Å². The van der Waals surface area contributed by atoms with Gasteiger partial charge in [-0.3, -0.25) is 9.59 Å². The van der Waals surface area contributed by atoms with Crippen LogP contribution in [0.25, 0.3) is 0 Å². The van der Waals surface area contributed by atoms with E-state index in [1.165, 1.54) is 0 Å². The van der Waals surface area contributed by atoms with Crippen LogP contribution in [0.1, 0.15) is 145 Å². The zero-order valence-electron chi connectivity index (χ0n) is 24.3. The van der Waals surface area contributed by atoms with Gasteiger partial charge in [-0.15, -0.1) is 0 Å². The molecule has 2 fully saturated rings. The van der Waals surface area contributed by atoms with Gasteiger partial charge in [0.15, 0.2) is 0 Å². The van der Waals surface area contributed by atoms with Crippen molar-refractivity contribution < 1.29 is 14.3 Å². The fourth-order valence-electron chi connectivity index (χ4n) is 7.08. The van der Waals surface area contributed by atoms with E-state index in [4.69, 9.17) is 4.74 Å². The molecule has 5 nitrogen and oxygen atoms in total. The quantitative estimate of drug-likeness (QED) is 0.217. The summed E-state index contributed by atoms with van der Waals surface area (Å²) in [6, 6.07) is 0. The van der Waals surface area contributed by atoms with Crippen LogP contribution in [0.4, 0.5) is 0 Å². The zero-order valence-corrected chi connectivity index (χ0v) is 24.3. The number of ether oxygens (including phenoxy) is 1. The van der Waals surface area contributed by atoms with Crippen LogP contribution < -0.4 is 10.6 Å². The molecule has 35 heavy (non-hydrogen) atoms. The Bertz CT molecular complexity index is 664. The molecule has 2 aliphatic heterocycles. The van der Waals surface area contributed by atoms with Crippen molar-refractivity contribution in [2.24, 2.45) is 5.92 Å². The van der Waals surface area contributed by atoms with Crippen LogP contribution >= 0.6 is 0 Å². The van der Waals surface area contributed by atoms with Crippen LogP contribution in [-0.2, 0) is 14.3 Å². The standard InChI is InChI=1S/C30H56N2O3/c1-27(2)19-23(20-28(3,4)31-27)17-18-24(33)15-13-11-9-10-12-14-16-26(34)35-25-21-29(5,6)32-30(7,8)22-25/h23,25,31-32H,9-22H2,1-8H3. The van der Waals surface area contributed by atoms with Crippen molar-refractivity contribution in [2.75, 3.05) is 0 Å². The van der Waals surface area contributed by atoms with Crippen LogP contribution in [0.3, 0.4) is 0 Å². The van der Waals surface area contributed by atoms with Gasteiger partial charge in [0, 0.05) is 54.3 Å². The summed E-state index contributed by atoms with van der Waals surface area (Å²) >= 11 is 0. The van der Waals surface area contributed by atoms with Gasteiger partial charge >= 0.3 is 5.97 Å². The molecule has 2 rings (SSSR count). The number of ketones is 1. The van der Waals surface area contributed by atoms with E-state index in [1.807, 2.05) is 0 Å². The lowest BCUT2D eigenvalue weighted by Gasteiger charge is -2.46. The minimum atomic E-state index is -0.0466. The Morgan fingerprint density at radius 3 is 1.57 bits per heavy atom. The van der Waals surface area contributed by atoms with Crippen molar-refractivity contribution in [1.29, 1.82) is 0 Å². The molecule has 0 spiro atoms. The van der Waals surface area contributed by atoms with Crippen LogP contribution in [0.2, 0.25) is 0 Å². The molecule has 0 aromatic rings. The maximum absolute atomic E-state index is 12.4. The van der Waals surface area contributed by atoms with Crippen LogP contribution in [-0.4, -0.2) is 40.0 Å². The zero-order chi connectivity index (χ0) is 26.3. The van der Waals surface area contributed by atoms with E-state index in [2.05, 4.69) is 66.0 Å². The monoisotopic (exact) mass is 492 g/mol. The second-order valence-corrected chi connectivity index (χ2v) is 14.3. The van der Waals surface area contributed by atoms with Crippen molar-refractivity contribution in [3.8, 4) is 0 Å². The van der Waals surface area contributed by atoms with Crippen LogP contribution in [0.5, 0.6) is 0 Å². The number of nitrogens with one attached hydrogen (secondary N) is 2. The topological polar surface area (TPSA) is 67.4 Å². The SMILES string of the molecule is CC1(C)CC(CCC(=O)CCCCCCCCC(=O)OC2CC(C)(C)NC(C)(C)C2)CC(C)(C)N1. The summed E-state index contributed by atoms with van der Waals surface area (Å²) in [5.74, 6) is 1.03. The van der Waals surface area contributed by atoms with Gasteiger partial charge in [0.1, 0.15) is 11.9 Å². The summed E-state index contributed by atoms with van der Waals surface area (Å²) in [5.41, 5.74) is 0.311. The minimum absolute atomic E-state index is 0.00469. The van der Waals surface area contributed by atoms with E-state index >= 15 is 0 Å². The Hall–Kier alpha value is -0.940. The van der Waals surface area contributed by atoms with Crippen molar-refractivity contribution in [3.05, 3.63) is 0 Å². The van der Waals surface area contributed by atoms with Crippen LogP contribution in [0.15, 0.2) is 0 Å². The summed E-state index contributed by atoms with van der Waals surface area (Å²) in [6.07, 6.45) is 13.5. The Balaban J connectivity index is 1.48. The highest BCUT2D eigenvalue weighted by Gasteiger charge is 2.39. The van der Waals surface area contributed by atoms with E-state index in [-0.39, 0.29) is 34.2 Å². The Morgan fingerprint density at radius 2 is 1.06 bits per heavy atom. The average molecular weight is 493 g/mol. The number of esters is 1. The van der Waals surface area contributed by atoms with Gasteiger partial charge in [-0.2, -0.15) is 0 Å². The molecule has 204 valence electrons. The molecule has 0 aromatic carbocycles. The van der Waals surface area contributed by atoms with Gasteiger partial charge in [0.05, 0.1) is 0 Å². The van der Waals surface area contributed by atoms with E-state index < -0.39 is 0 Å². The summed E-state index contributed by atoms with van der Waals surface area (Å²) < 4.78 is 5.80. The van der Waals surface area contributed by atoms with Gasteiger partial charge in [-0.05, 0) is 93.4 Å². The number of Topliss-reactive ketones (excluding diaryl/α,β-unsaturated/α-hetero) is 1. The first kappa shape index (κ1) is 30.3. The fraction of sp³-hybridized carbons (Fsp3) is 0.933. The predicted octanol–water partition coefficient (Wildman–Crippen LogP) is 6.87. The lowest BCUT2D eigenvalue weighted by molar-refractivity contribution is -0.153. The van der Waals surface area contributed by atoms with Gasteiger partial charge in [-0.1, -0.05) is 25.7 Å². The summed E-state index contributed by atoms with van der Waals surface area (Å²) in [4.78, 5) is 24.7. The number of carbonyl (C=O) groups is 2. The first-order chi connectivity index (χ1) is 16.1. The van der Waals surface area contributed by atoms with Gasteiger partial charge < -0.3 is 15.4 Å². The molecule has 0 aliphatic carbocycles. The Morgan fingerprint density at radius 1 is 0.629 bits per heavy atom. The Kier molecular flexibility index (Phi) is 10.8. The second-order valence-electron chi connectivity index (χ2n) is 14.3. The maximum Gasteiger partial charge on any atom is 0.306 e. The number of unbranched alkanes of at least 4 members (excludes halogenated alkanes) is 5. The minimum Gasteiger partial charge on any atom is -0.462 e. The third kappa shape index (κ3) is 12.2. The van der Waals surface area contributed by atoms with Gasteiger partial charge in [0.25, 0.3) is 0 Å². The van der Waals surface area contributed by atoms with E-state index in [9.17, 15) is 9.59 Å². The lowest BCUT2D eigenvalue weighted by atomic mass is 9.74. The molecule has 0 atom stereocenters. The molecule has 2 saturated heterocycles. The molecule has 2 N–H and O–H groups in total. The number of piperidine rings is 2. The summed E-state index contributed by atoms with van der Waals surface area (Å²) in [6.45, 7) is 17.8. The molecule has 0 amide bonds. The van der Waals surface area contributed by atoms with Crippen molar-refractivity contribution in [2.45, 2.75) is 174 Å². The largest absolute Gasteiger partial charge is 0.462 e. The molecule has 0 unspecified atom stereocenters. The third-order valence-electron chi connectivity index (χ3n) is 7.64. The number of hydrogen-bond acceptors (Lipinski definition) is 5. The van der Waals surface area contributed by atoms with Crippen molar-refractivity contribution in [1.82, 2.24) is 10.6 Å². The molecule has 0 saturated carbocycles. The summed E-state index contributed by atoms with van der Waals surface area (Å²) in [7, 11) is 0. The number of hydrogen-bond donors (Lipinski definition) is 2. The Labute approximate surface area is 216 Å². The maximum atomic E-state index is 12.4. The van der Waals surface area contributed by atoms with E-state index in [1.54, 1.807) is 0 Å². The smallest absolute Gasteiger partial charge is 0.306 e. The predicted molar refractivity (Wildman–Crippen MR) is 146 cm³/mol. The molecule has 0 radical (unpaired) electrons. The first-order valence-corrected chi connectivity index (χ1v) is 14.4. The van der Waals surface area contributed by atoms with Crippen molar-refractivity contribution >= 4 is 11.8 Å². The molecular weight excluding hydrogens is 436 g/mol. The normalized spacial score (nSPS) is 23.7. The second kappa shape index (κ2) is 12.5. The number of rotatable bonds is 13. The highest BCUT2D eigenvalue weighted by Crippen LogP contribution is 2.35. The highest BCUT2D eigenvalue weighted by molar-refractivity contribution is 5.78. The van der Waals surface area contributed by atoms with E-state index in [0.29, 0.717) is 18.1 Å². The highest BCUT2D eigenvalue weighted by atomic mass is 16.5. The fourth-order valence-corrected chi connectivity index (χ4v) is 7.08. The van der Waals surface area contributed by atoms with Gasteiger partial charge in [-0.25, -0.2) is 0 Å². The lowest BCUT2D eigenvalue weighted by Crippen LogP contribution is -2.59. The molecule has 0 bridgehead atoms. The van der Waals surface area contributed by atoms with Gasteiger partial charge in [0.2, 0.25) is 0 Å². The average Bonchev–Trinajstić information content (AvgIpc) is 2.63. The van der Waals surface area contributed by atoms with Crippen LogP contribution in [0, 0.1) is 5.92 Å². The molecule has 2 aliphatic rings. The molecule has 2 heterocycles. The van der Waals surface area contributed by atoms with E-state index in [0.717, 1.165) is 83.5 Å². The number of carbonyl (C=O) groups excluding carboxylic acids is 2. The molecule has 0 aromatic heterocycles. The molecule has 5 heteroatoms. The third-order valence-corrected chi connectivity index (χ3v) is 7.64.